The van der Waals surface area contributed by atoms with E-state index in [1.165, 1.54) is 18.6 Å². The molecule has 2 fully saturated rings. The van der Waals surface area contributed by atoms with Gasteiger partial charge in [0.05, 0.1) is 12.2 Å². The van der Waals surface area contributed by atoms with Gasteiger partial charge < -0.3 is 24.8 Å². The molecule has 174 valence electrons. The fourth-order valence-corrected chi connectivity index (χ4v) is 3.65. The highest BCUT2D eigenvalue weighted by molar-refractivity contribution is 5.87. The fourth-order valence-electron chi connectivity index (χ4n) is 3.65. The summed E-state index contributed by atoms with van der Waals surface area (Å²) in [5, 5.41) is 26.2. The van der Waals surface area contributed by atoms with Crippen LogP contribution in [0.5, 0.6) is 5.75 Å². The van der Waals surface area contributed by atoms with Crippen molar-refractivity contribution in [2.24, 2.45) is 5.41 Å². The molecule has 2 heterocycles. The predicted molar refractivity (Wildman–Crippen MR) is 102 cm³/mol. The summed E-state index contributed by atoms with van der Waals surface area (Å²) in [6.07, 6.45) is -2.17. The largest absolute Gasteiger partial charge is 0.491 e. The number of nitrogens with zero attached hydrogens (tertiary/aromatic N) is 1. The summed E-state index contributed by atoms with van der Waals surface area (Å²) in [5.74, 6) is -3.15. The maximum atomic E-state index is 10.8. The fraction of sp³-hybridized carbons (Fsp3) is 0.600. The number of aliphatic carboxylic acids is 1. The smallest absolute Gasteiger partial charge is 0.490 e. The first-order valence-corrected chi connectivity index (χ1v) is 9.75. The molecule has 1 spiro atoms. The first-order valence-electron chi connectivity index (χ1n) is 9.75. The molecule has 31 heavy (non-hydrogen) atoms. The van der Waals surface area contributed by atoms with Crippen LogP contribution >= 0.6 is 0 Å². The monoisotopic (exact) mass is 449 g/mol. The van der Waals surface area contributed by atoms with Crippen molar-refractivity contribution < 1.29 is 47.6 Å². The molecular formula is C20H26F3NO7. The third-order valence-electron chi connectivity index (χ3n) is 5.18. The molecule has 0 bridgehead atoms. The van der Waals surface area contributed by atoms with Gasteiger partial charge in [0.15, 0.2) is 0 Å². The van der Waals surface area contributed by atoms with Gasteiger partial charge in [-0.15, -0.1) is 0 Å². The first-order chi connectivity index (χ1) is 14.5. The number of carboxylic acids is 2. The number of rotatable bonds is 6. The number of carboxylic acid groups (broad SMARTS) is 2. The van der Waals surface area contributed by atoms with E-state index in [9.17, 15) is 23.1 Å². The Bertz CT molecular complexity index is 733. The molecule has 2 atom stereocenters. The number of β-amino-alcohol motifs (C(OH)–C–C–N with tert-alkyl or cyclic N) is 1. The molecule has 2 saturated heterocycles. The lowest BCUT2D eigenvalue weighted by Crippen LogP contribution is -2.38. The number of ether oxygens (including phenoxy) is 2. The average Bonchev–Trinajstić information content (AvgIpc) is 3.08. The van der Waals surface area contributed by atoms with Crippen LogP contribution in [0.2, 0.25) is 0 Å². The van der Waals surface area contributed by atoms with Crippen LogP contribution in [0.15, 0.2) is 24.3 Å². The van der Waals surface area contributed by atoms with Gasteiger partial charge in [0.2, 0.25) is 0 Å². The number of hydrogen-bond donors (Lipinski definition) is 3. The molecule has 3 N–H and O–H groups in total. The molecule has 0 aliphatic carbocycles. The number of aliphatic hydroxyl groups is 1. The maximum Gasteiger partial charge on any atom is 0.490 e. The zero-order valence-electron chi connectivity index (χ0n) is 16.8. The lowest BCUT2D eigenvalue weighted by atomic mass is 9.82. The van der Waals surface area contributed by atoms with E-state index in [4.69, 9.17) is 24.5 Å². The van der Waals surface area contributed by atoms with Gasteiger partial charge >= 0.3 is 18.1 Å². The van der Waals surface area contributed by atoms with Crippen molar-refractivity contribution in [3.8, 4) is 5.75 Å². The summed E-state index contributed by atoms with van der Waals surface area (Å²) in [5.41, 5.74) is 0.505. The number of halogens is 3. The molecule has 2 unspecified atom stereocenters. The van der Waals surface area contributed by atoms with Crippen LogP contribution in [-0.4, -0.2) is 83.9 Å². The molecule has 0 radical (unpaired) electrons. The van der Waals surface area contributed by atoms with Crippen LogP contribution in [0.4, 0.5) is 13.2 Å². The van der Waals surface area contributed by atoms with Crippen molar-refractivity contribution in [1.82, 2.24) is 4.90 Å². The SMILES string of the molecule is O=C(O)C(F)(F)F.O=C(O)c1ccc(OCC(O)CN2CCC3(CCCOC3)C2)cc1. The topological polar surface area (TPSA) is 117 Å². The second-order valence-electron chi connectivity index (χ2n) is 7.74. The molecule has 2 aliphatic heterocycles. The lowest BCUT2D eigenvalue weighted by molar-refractivity contribution is -0.192. The van der Waals surface area contributed by atoms with Crippen molar-refractivity contribution in [1.29, 1.82) is 0 Å². The highest BCUT2D eigenvalue weighted by Crippen LogP contribution is 2.37. The molecule has 3 rings (SSSR count). The number of aromatic carboxylic acids is 1. The minimum Gasteiger partial charge on any atom is -0.491 e. The normalized spacial score (nSPS) is 22.5. The number of aliphatic hydroxyl groups excluding tert-OH is 1. The maximum absolute atomic E-state index is 10.8. The number of benzene rings is 1. The molecule has 0 aromatic heterocycles. The van der Waals surface area contributed by atoms with Gasteiger partial charge in [-0.3, -0.25) is 4.90 Å². The van der Waals surface area contributed by atoms with Crippen molar-refractivity contribution in [2.45, 2.75) is 31.5 Å². The third-order valence-corrected chi connectivity index (χ3v) is 5.18. The van der Waals surface area contributed by atoms with E-state index in [1.54, 1.807) is 12.1 Å². The van der Waals surface area contributed by atoms with Gasteiger partial charge in [0.1, 0.15) is 18.5 Å². The lowest BCUT2D eigenvalue weighted by Gasteiger charge is -2.33. The van der Waals surface area contributed by atoms with Gasteiger partial charge in [-0.05, 0) is 50.1 Å². The number of likely N-dealkylation sites (tertiary alicyclic amines) is 1. The Balaban J connectivity index is 0.000000423. The van der Waals surface area contributed by atoms with E-state index in [1.807, 2.05) is 0 Å². The van der Waals surface area contributed by atoms with Crippen LogP contribution in [0.25, 0.3) is 0 Å². The molecule has 2 aliphatic rings. The average molecular weight is 449 g/mol. The van der Waals surface area contributed by atoms with Crippen molar-refractivity contribution >= 4 is 11.9 Å². The van der Waals surface area contributed by atoms with Crippen molar-refractivity contribution in [2.75, 3.05) is 39.5 Å². The van der Waals surface area contributed by atoms with E-state index in [-0.39, 0.29) is 17.6 Å². The number of carbonyl (C=O) groups is 2. The summed E-state index contributed by atoms with van der Waals surface area (Å²) in [6.45, 7) is 4.48. The van der Waals surface area contributed by atoms with Gasteiger partial charge in [0.25, 0.3) is 0 Å². The standard InChI is InChI=1S/C18H25NO5.C2HF3O2/c20-15(11-24-16-4-2-14(3-5-16)17(21)22)10-19-8-7-18(12-19)6-1-9-23-13-18;3-2(4,5)1(6)7/h2-5,15,20H,1,6-13H2,(H,21,22);(H,6,7). The van der Waals surface area contributed by atoms with Gasteiger partial charge in [-0.25, -0.2) is 9.59 Å². The second kappa shape index (κ2) is 10.8. The van der Waals surface area contributed by atoms with Crippen LogP contribution < -0.4 is 4.74 Å². The quantitative estimate of drug-likeness (QED) is 0.606. The highest BCUT2D eigenvalue weighted by Gasteiger charge is 2.40. The highest BCUT2D eigenvalue weighted by atomic mass is 19.4. The van der Waals surface area contributed by atoms with Gasteiger partial charge in [-0.2, -0.15) is 13.2 Å². The van der Waals surface area contributed by atoms with Gasteiger partial charge in [0, 0.05) is 25.1 Å². The van der Waals surface area contributed by atoms with Crippen molar-refractivity contribution in [3.05, 3.63) is 29.8 Å². The summed E-state index contributed by atoms with van der Waals surface area (Å²) < 4.78 is 42.9. The predicted octanol–water partition coefficient (Wildman–Crippen LogP) is 2.26. The third kappa shape index (κ3) is 8.00. The molecule has 11 heteroatoms. The Morgan fingerprint density at radius 3 is 2.35 bits per heavy atom. The molecule has 1 aromatic carbocycles. The second-order valence-corrected chi connectivity index (χ2v) is 7.74. The van der Waals surface area contributed by atoms with Crippen LogP contribution in [0.1, 0.15) is 29.6 Å². The molecule has 0 saturated carbocycles. The Morgan fingerprint density at radius 2 is 1.84 bits per heavy atom. The zero-order valence-corrected chi connectivity index (χ0v) is 16.8. The first kappa shape index (κ1) is 24.9. The van der Waals surface area contributed by atoms with Gasteiger partial charge in [-0.1, -0.05) is 0 Å². The molecule has 0 amide bonds. The Kier molecular flexibility index (Phi) is 8.66. The summed E-state index contributed by atoms with van der Waals surface area (Å²) in [6, 6.07) is 6.22. The van der Waals surface area contributed by atoms with Crippen LogP contribution in [0.3, 0.4) is 0 Å². The summed E-state index contributed by atoms with van der Waals surface area (Å²) in [7, 11) is 0. The summed E-state index contributed by atoms with van der Waals surface area (Å²) in [4.78, 5) is 22.0. The number of alkyl halides is 3. The van der Waals surface area contributed by atoms with E-state index in [2.05, 4.69) is 4.90 Å². The molecule has 8 nitrogen and oxygen atoms in total. The Hall–Kier alpha value is -2.37. The molecule has 1 aromatic rings. The van der Waals surface area contributed by atoms with E-state index in [0.717, 1.165) is 39.1 Å². The number of hydrogen-bond acceptors (Lipinski definition) is 6. The minimum absolute atomic E-state index is 0.201. The molecular weight excluding hydrogens is 423 g/mol. The van der Waals surface area contributed by atoms with Crippen LogP contribution in [0, 0.1) is 5.41 Å². The van der Waals surface area contributed by atoms with E-state index >= 15 is 0 Å². The van der Waals surface area contributed by atoms with Crippen LogP contribution in [-0.2, 0) is 9.53 Å². The van der Waals surface area contributed by atoms with Crippen molar-refractivity contribution in [3.63, 3.8) is 0 Å². The minimum atomic E-state index is -5.08. The zero-order chi connectivity index (χ0) is 23.1. The Morgan fingerprint density at radius 1 is 1.19 bits per heavy atom. The summed E-state index contributed by atoms with van der Waals surface area (Å²) >= 11 is 0. The van der Waals surface area contributed by atoms with E-state index in [0.29, 0.717) is 12.3 Å². The van der Waals surface area contributed by atoms with E-state index < -0.39 is 24.2 Å². The Labute approximate surface area is 177 Å².